The Bertz CT molecular complexity index is 1100. The third-order valence-electron chi connectivity index (χ3n) is 4.13. The molecule has 0 aromatic heterocycles. The van der Waals surface area contributed by atoms with Crippen molar-refractivity contribution in [2.45, 2.75) is 6.18 Å². The van der Waals surface area contributed by atoms with Crippen LogP contribution in [0.5, 0.6) is 0 Å². The van der Waals surface area contributed by atoms with Gasteiger partial charge in [-0.25, -0.2) is 0 Å². The SMILES string of the molecule is O=C(CNc1cccc(C(=O)Nc2cccc(C(F)(F)F)c2)c1)Nc1cccc(Br)c1. The highest BCUT2D eigenvalue weighted by atomic mass is 79.9. The number of nitrogens with one attached hydrogen (secondary N) is 3. The summed E-state index contributed by atoms with van der Waals surface area (Å²) >= 11 is 3.33. The molecule has 0 fully saturated rings. The van der Waals surface area contributed by atoms with Crippen molar-refractivity contribution in [3.63, 3.8) is 0 Å². The Kier molecular flexibility index (Phi) is 6.96. The van der Waals surface area contributed by atoms with Gasteiger partial charge in [-0.2, -0.15) is 13.2 Å². The molecule has 0 atom stereocenters. The number of hydrogen-bond acceptors (Lipinski definition) is 3. The maximum atomic E-state index is 12.8. The van der Waals surface area contributed by atoms with Crippen LogP contribution in [-0.4, -0.2) is 18.4 Å². The Balaban J connectivity index is 1.60. The van der Waals surface area contributed by atoms with E-state index < -0.39 is 17.6 Å². The van der Waals surface area contributed by atoms with E-state index in [0.29, 0.717) is 11.4 Å². The molecule has 160 valence electrons. The van der Waals surface area contributed by atoms with Gasteiger partial charge < -0.3 is 16.0 Å². The molecule has 0 radical (unpaired) electrons. The number of alkyl halides is 3. The third kappa shape index (κ3) is 6.58. The van der Waals surface area contributed by atoms with E-state index in [4.69, 9.17) is 0 Å². The first-order chi connectivity index (χ1) is 14.7. The first-order valence-corrected chi connectivity index (χ1v) is 9.88. The summed E-state index contributed by atoms with van der Waals surface area (Å²) in [5, 5.41) is 8.10. The summed E-state index contributed by atoms with van der Waals surface area (Å²) in [6.07, 6.45) is -4.50. The summed E-state index contributed by atoms with van der Waals surface area (Å²) in [5.41, 5.74) is 0.565. The fourth-order valence-electron chi connectivity index (χ4n) is 2.70. The highest BCUT2D eigenvalue weighted by molar-refractivity contribution is 9.10. The molecule has 0 saturated carbocycles. The van der Waals surface area contributed by atoms with E-state index in [1.165, 1.54) is 24.3 Å². The maximum Gasteiger partial charge on any atom is 0.416 e. The smallest absolute Gasteiger partial charge is 0.376 e. The predicted octanol–water partition coefficient (Wildman–Crippen LogP) is 5.77. The van der Waals surface area contributed by atoms with Crippen LogP contribution in [0.1, 0.15) is 15.9 Å². The zero-order valence-electron chi connectivity index (χ0n) is 16.0. The molecule has 0 aliphatic rings. The van der Waals surface area contributed by atoms with E-state index in [-0.39, 0.29) is 23.7 Å². The second-order valence-electron chi connectivity index (χ2n) is 6.53. The van der Waals surface area contributed by atoms with Crippen LogP contribution in [0, 0.1) is 0 Å². The first kappa shape index (κ1) is 22.4. The molecule has 31 heavy (non-hydrogen) atoms. The molecule has 3 N–H and O–H groups in total. The number of anilines is 3. The van der Waals surface area contributed by atoms with Crippen molar-refractivity contribution in [1.29, 1.82) is 0 Å². The van der Waals surface area contributed by atoms with Gasteiger partial charge in [-0.3, -0.25) is 9.59 Å². The van der Waals surface area contributed by atoms with Gasteiger partial charge in [0.15, 0.2) is 0 Å². The highest BCUT2D eigenvalue weighted by Gasteiger charge is 2.30. The molecule has 0 spiro atoms. The summed E-state index contributed by atoms with van der Waals surface area (Å²) in [4.78, 5) is 24.5. The number of carbonyl (C=O) groups excluding carboxylic acids is 2. The normalized spacial score (nSPS) is 11.0. The molecule has 5 nitrogen and oxygen atoms in total. The van der Waals surface area contributed by atoms with E-state index in [2.05, 4.69) is 31.9 Å². The Labute approximate surface area is 184 Å². The van der Waals surface area contributed by atoms with E-state index in [1.807, 2.05) is 6.07 Å². The van der Waals surface area contributed by atoms with Crippen molar-refractivity contribution in [2.75, 3.05) is 22.5 Å². The lowest BCUT2D eigenvalue weighted by Gasteiger charge is -2.11. The standard InChI is InChI=1S/C22H17BrF3N3O2/c23-16-6-3-9-19(12-16)28-20(30)13-27-17-7-1-4-14(10-17)21(31)29-18-8-2-5-15(11-18)22(24,25)26/h1-12,27H,13H2,(H,28,30)(H,29,31). The fraction of sp³-hybridized carbons (Fsp3) is 0.0909. The Morgan fingerprint density at radius 2 is 1.45 bits per heavy atom. The van der Waals surface area contributed by atoms with Crippen LogP contribution < -0.4 is 16.0 Å². The molecule has 9 heteroatoms. The lowest BCUT2D eigenvalue weighted by molar-refractivity contribution is -0.137. The van der Waals surface area contributed by atoms with Crippen molar-refractivity contribution in [3.05, 3.63) is 88.4 Å². The van der Waals surface area contributed by atoms with Crippen molar-refractivity contribution in [1.82, 2.24) is 0 Å². The highest BCUT2D eigenvalue weighted by Crippen LogP contribution is 2.30. The molecule has 3 aromatic carbocycles. The summed E-state index contributed by atoms with van der Waals surface area (Å²) in [6, 6.07) is 17.9. The van der Waals surface area contributed by atoms with E-state index in [9.17, 15) is 22.8 Å². The minimum Gasteiger partial charge on any atom is -0.376 e. The molecule has 0 heterocycles. The lowest BCUT2D eigenvalue weighted by Crippen LogP contribution is -2.22. The van der Waals surface area contributed by atoms with Crippen molar-refractivity contribution in [2.24, 2.45) is 0 Å². The van der Waals surface area contributed by atoms with Gasteiger partial charge in [0.2, 0.25) is 5.91 Å². The quantitative estimate of drug-likeness (QED) is 0.409. The second-order valence-corrected chi connectivity index (χ2v) is 7.44. The molecule has 2 amide bonds. The Morgan fingerprint density at radius 1 is 0.806 bits per heavy atom. The number of halogens is 4. The van der Waals surface area contributed by atoms with Crippen LogP contribution >= 0.6 is 15.9 Å². The van der Waals surface area contributed by atoms with Gasteiger partial charge in [0.25, 0.3) is 5.91 Å². The maximum absolute atomic E-state index is 12.8. The molecular weight excluding hydrogens is 475 g/mol. The van der Waals surface area contributed by atoms with E-state index in [0.717, 1.165) is 16.6 Å². The Hall–Kier alpha value is -3.33. The lowest BCUT2D eigenvalue weighted by atomic mass is 10.1. The van der Waals surface area contributed by atoms with Crippen molar-refractivity contribution >= 4 is 44.8 Å². The molecule has 0 aliphatic carbocycles. The Morgan fingerprint density at radius 3 is 2.16 bits per heavy atom. The molecule has 3 aromatic rings. The molecule has 3 rings (SSSR count). The van der Waals surface area contributed by atoms with Crippen LogP contribution in [0.4, 0.5) is 30.2 Å². The number of benzene rings is 3. The number of hydrogen-bond donors (Lipinski definition) is 3. The van der Waals surface area contributed by atoms with Crippen molar-refractivity contribution in [3.8, 4) is 0 Å². The van der Waals surface area contributed by atoms with Gasteiger partial charge in [-0.1, -0.05) is 34.1 Å². The van der Waals surface area contributed by atoms with E-state index in [1.54, 1.807) is 30.3 Å². The second kappa shape index (κ2) is 9.65. The van der Waals surface area contributed by atoms with Crippen LogP contribution in [0.2, 0.25) is 0 Å². The van der Waals surface area contributed by atoms with Gasteiger partial charge >= 0.3 is 6.18 Å². The van der Waals surface area contributed by atoms with Gasteiger partial charge in [0, 0.05) is 27.1 Å². The topological polar surface area (TPSA) is 70.2 Å². The molecule has 0 unspecified atom stereocenters. The molecular formula is C22H17BrF3N3O2. The fourth-order valence-corrected chi connectivity index (χ4v) is 3.10. The summed E-state index contributed by atoms with van der Waals surface area (Å²) in [5.74, 6) is -0.849. The minimum absolute atomic E-state index is 0.0339. The summed E-state index contributed by atoms with van der Waals surface area (Å²) in [6.45, 7) is -0.0365. The predicted molar refractivity (Wildman–Crippen MR) is 117 cm³/mol. The van der Waals surface area contributed by atoms with Gasteiger partial charge in [-0.05, 0) is 54.6 Å². The monoisotopic (exact) mass is 491 g/mol. The number of carbonyl (C=O) groups is 2. The van der Waals surface area contributed by atoms with Crippen LogP contribution in [0.25, 0.3) is 0 Å². The first-order valence-electron chi connectivity index (χ1n) is 9.09. The minimum atomic E-state index is -4.50. The molecule has 0 bridgehead atoms. The molecule has 0 saturated heterocycles. The van der Waals surface area contributed by atoms with Crippen LogP contribution in [0.3, 0.4) is 0 Å². The average molecular weight is 492 g/mol. The number of rotatable bonds is 6. The van der Waals surface area contributed by atoms with E-state index >= 15 is 0 Å². The van der Waals surface area contributed by atoms with Gasteiger partial charge in [0.1, 0.15) is 0 Å². The largest absolute Gasteiger partial charge is 0.416 e. The summed E-state index contributed by atoms with van der Waals surface area (Å²) < 4.78 is 39.3. The zero-order chi connectivity index (χ0) is 22.4. The molecule has 0 aliphatic heterocycles. The van der Waals surface area contributed by atoms with Crippen molar-refractivity contribution < 1.29 is 22.8 Å². The number of amides is 2. The average Bonchev–Trinajstić information content (AvgIpc) is 2.72. The van der Waals surface area contributed by atoms with Crippen LogP contribution in [0.15, 0.2) is 77.3 Å². The summed E-state index contributed by atoms with van der Waals surface area (Å²) in [7, 11) is 0. The third-order valence-corrected chi connectivity index (χ3v) is 4.63. The van der Waals surface area contributed by atoms with Crippen LogP contribution in [-0.2, 0) is 11.0 Å². The zero-order valence-corrected chi connectivity index (χ0v) is 17.5. The van der Waals surface area contributed by atoms with Gasteiger partial charge in [0.05, 0.1) is 12.1 Å². The van der Waals surface area contributed by atoms with Gasteiger partial charge in [-0.15, -0.1) is 0 Å².